The van der Waals surface area contributed by atoms with Crippen molar-refractivity contribution in [3.8, 4) is 5.75 Å². The third-order valence-corrected chi connectivity index (χ3v) is 3.48. The minimum absolute atomic E-state index is 0.207. The normalized spacial score (nSPS) is 11.6. The van der Waals surface area contributed by atoms with Gasteiger partial charge in [0.05, 0.1) is 0 Å². The van der Waals surface area contributed by atoms with Crippen LogP contribution < -0.4 is 10.1 Å². The molecule has 20 heavy (non-hydrogen) atoms. The van der Waals surface area contributed by atoms with Crippen LogP contribution in [0.4, 0.5) is 0 Å². The van der Waals surface area contributed by atoms with E-state index < -0.39 is 0 Å². The first-order valence-electron chi connectivity index (χ1n) is 7.98. The summed E-state index contributed by atoms with van der Waals surface area (Å²) in [5.41, 5.74) is 1.55. The average molecular weight is 277 g/mol. The summed E-state index contributed by atoms with van der Waals surface area (Å²) < 4.78 is 5.74. The molecule has 0 fully saturated rings. The minimum atomic E-state index is 0.207. The molecule has 2 heteroatoms. The Morgan fingerprint density at radius 3 is 2.25 bits per heavy atom. The Morgan fingerprint density at radius 1 is 0.950 bits per heavy atom. The van der Waals surface area contributed by atoms with E-state index in [4.69, 9.17) is 4.74 Å². The van der Waals surface area contributed by atoms with Gasteiger partial charge >= 0.3 is 0 Å². The van der Waals surface area contributed by atoms with Crippen LogP contribution in [0.5, 0.6) is 5.75 Å². The Morgan fingerprint density at radius 2 is 1.65 bits per heavy atom. The van der Waals surface area contributed by atoms with Crippen molar-refractivity contribution in [2.45, 2.75) is 58.8 Å². The van der Waals surface area contributed by atoms with Crippen LogP contribution in [0.1, 0.15) is 58.9 Å². The first-order valence-corrected chi connectivity index (χ1v) is 7.98. The molecule has 1 aromatic rings. The van der Waals surface area contributed by atoms with Gasteiger partial charge in [-0.2, -0.15) is 0 Å². The SMILES string of the molecule is CCCCCCNCCOc1ccc(C(C)(C)C)cc1. The van der Waals surface area contributed by atoms with Crippen molar-refractivity contribution in [1.29, 1.82) is 0 Å². The second kappa shape index (κ2) is 9.02. The van der Waals surface area contributed by atoms with Crippen molar-refractivity contribution in [2.24, 2.45) is 0 Å². The highest BCUT2D eigenvalue weighted by Crippen LogP contribution is 2.24. The summed E-state index contributed by atoms with van der Waals surface area (Å²) >= 11 is 0. The Labute approximate surface area is 124 Å². The lowest BCUT2D eigenvalue weighted by Gasteiger charge is -2.19. The number of benzene rings is 1. The van der Waals surface area contributed by atoms with E-state index in [-0.39, 0.29) is 5.41 Å². The summed E-state index contributed by atoms with van der Waals surface area (Å²) in [5, 5.41) is 3.43. The van der Waals surface area contributed by atoms with Gasteiger partial charge in [-0.3, -0.25) is 0 Å². The molecule has 0 spiro atoms. The largest absolute Gasteiger partial charge is 0.492 e. The summed E-state index contributed by atoms with van der Waals surface area (Å²) in [5.74, 6) is 0.964. The molecule has 0 aliphatic heterocycles. The summed E-state index contributed by atoms with van der Waals surface area (Å²) in [4.78, 5) is 0. The number of unbranched alkanes of at least 4 members (excludes halogenated alkanes) is 3. The van der Waals surface area contributed by atoms with Gasteiger partial charge in [-0.25, -0.2) is 0 Å². The number of rotatable bonds is 9. The summed E-state index contributed by atoms with van der Waals surface area (Å²) in [7, 11) is 0. The number of hydrogen-bond acceptors (Lipinski definition) is 2. The smallest absolute Gasteiger partial charge is 0.119 e. The van der Waals surface area contributed by atoms with Gasteiger partial charge in [0, 0.05) is 6.54 Å². The van der Waals surface area contributed by atoms with Gasteiger partial charge in [-0.15, -0.1) is 0 Å². The van der Waals surface area contributed by atoms with Crippen LogP contribution in [0.25, 0.3) is 0 Å². The van der Waals surface area contributed by atoms with Gasteiger partial charge in [0.25, 0.3) is 0 Å². The van der Waals surface area contributed by atoms with Gasteiger partial charge < -0.3 is 10.1 Å². The molecule has 0 unspecified atom stereocenters. The van der Waals surface area contributed by atoms with Crippen LogP contribution in [-0.2, 0) is 5.41 Å². The highest BCUT2D eigenvalue weighted by atomic mass is 16.5. The molecular formula is C18H31NO. The van der Waals surface area contributed by atoms with E-state index in [2.05, 4.69) is 57.3 Å². The van der Waals surface area contributed by atoms with E-state index >= 15 is 0 Å². The van der Waals surface area contributed by atoms with Gasteiger partial charge in [0.15, 0.2) is 0 Å². The molecule has 0 aliphatic carbocycles. The average Bonchev–Trinajstić information content (AvgIpc) is 2.41. The molecule has 2 nitrogen and oxygen atoms in total. The lowest BCUT2D eigenvalue weighted by Crippen LogP contribution is -2.22. The molecule has 0 atom stereocenters. The molecule has 0 aromatic heterocycles. The van der Waals surface area contributed by atoms with Gasteiger partial charge in [0.2, 0.25) is 0 Å². The van der Waals surface area contributed by atoms with Crippen molar-refractivity contribution in [3.63, 3.8) is 0 Å². The summed E-state index contributed by atoms with van der Waals surface area (Å²) in [6.45, 7) is 11.7. The zero-order chi connectivity index (χ0) is 14.8. The molecule has 0 amide bonds. The molecule has 114 valence electrons. The monoisotopic (exact) mass is 277 g/mol. The summed E-state index contributed by atoms with van der Waals surface area (Å²) in [6.07, 6.45) is 5.25. The maximum Gasteiger partial charge on any atom is 0.119 e. The van der Waals surface area contributed by atoms with Gasteiger partial charge in [0.1, 0.15) is 12.4 Å². The Bertz CT molecular complexity index is 351. The first kappa shape index (κ1) is 17.0. The quantitative estimate of drug-likeness (QED) is 0.669. The number of nitrogens with one attached hydrogen (secondary N) is 1. The maximum absolute atomic E-state index is 5.74. The highest BCUT2D eigenvalue weighted by molar-refractivity contribution is 5.31. The van der Waals surface area contributed by atoms with E-state index in [1.54, 1.807) is 0 Å². The number of hydrogen-bond donors (Lipinski definition) is 1. The fraction of sp³-hybridized carbons (Fsp3) is 0.667. The maximum atomic E-state index is 5.74. The fourth-order valence-corrected chi connectivity index (χ4v) is 2.09. The third kappa shape index (κ3) is 6.95. The highest BCUT2D eigenvalue weighted by Gasteiger charge is 2.12. The second-order valence-electron chi connectivity index (χ2n) is 6.43. The molecule has 0 radical (unpaired) electrons. The molecule has 0 saturated heterocycles. The van der Waals surface area contributed by atoms with E-state index in [0.717, 1.165) is 25.4 Å². The Balaban J connectivity index is 2.13. The standard InChI is InChI=1S/C18H31NO/c1-5-6-7-8-13-19-14-15-20-17-11-9-16(10-12-17)18(2,3)4/h9-12,19H,5-8,13-15H2,1-4H3. The molecule has 1 aromatic carbocycles. The Hall–Kier alpha value is -1.02. The predicted octanol–water partition coefficient (Wildman–Crippen LogP) is 4.53. The van der Waals surface area contributed by atoms with Crippen LogP contribution >= 0.6 is 0 Å². The minimum Gasteiger partial charge on any atom is -0.492 e. The Kier molecular flexibility index (Phi) is 7.68. The lowest BCUT2D eigenvalue weighted by atomic mass is 9.87. The van der Waals surface area contributed by atoms with Gasteiger partial charge in [-0.1, -0.05) is 59.1 Å². The predicted molar refractivity (Wildman–Crippen MR) is 87.6 cm³/mol. The van der Waals surface area contributed by atoms with Crippen LogP contribution in [0.15, 0.2) is 24.3 Å². The van der Waals surface area contributed by atoms with Crippen molar-refractivity contribution in [1.82, 2.24) is 5.32 Å². The van der Waals surface area contributed by atoms with Crippen molar-refractivity contribution < 1.29 is 4.74 Å². The van der Waals surface area contributed by atoms with Crippen molar-refractivity contribution in [2.75, 3.05) is 19.7 Å². The van der Waals surface area contributed by atoms with E-state index in [0.29, 0.717) is 0 Å². The van der Waals surface area contributed by atoms with Crippen molar-refractivity contribution in [3.05, 3.63) is 29.8 Å². The van der Waals surface area contributed by atoms with Crippen LogP contribution in [0.2, 0.25) is 0 Å². The molecule has 1 N–H and O–H groups in total. The van der Waals surface area contributed by atoms with E-state index in [9.17, 15) is 0 Å². The molecule has 0 saturated carbocycles. The zero-order valence-electron chi connectivity index (χ0n) is 13.7. The molecule has 0 bridgehead atoms. The molecular weight excluding hydrogens is 246 g/mol. The van der Waals surface area contributed by atoms with E-state index in [1.165, 1.54) is 31.2 Å². The lowest BCUT2D eigenvalue weighted by molar-refractivity contribution is 0.313. The van der Waals surface area contributed by atoms with E-state index in [1.807, 2.05) is 0 Å². The summed E-state index contributed by atoms with van der Waals surface area (Å²) in [6, 6.07) is 8.46. The third-order valence-electron chi connectivity index (χ3n) is 3.48. The van der Waals surface area contributed by atoms with Crippen LogP contribution in [0, 0.1) is 0 Å². The van der Waals surface area contributed by atoms with Crippen LogP contribution in [0.3, 0.4) is 0 Å². The topological polar surface area (TPSA) is 21.3 Å². The van der Waals surface area contributed by atoms with Crippen molar-refractivity contribution >= 4 is 0 Å². The number of ether oxygens (including phenoxy) is 1. The van der Waals surface area contributed by atoms with Crippen LogP contribution in [-0.4, -0.2) is 19.7 Å². The molecule has 0 aliphatic rings. The second-order valence-corrected chi connectivity index (χ2v) is 6.43. The zero-order valence-corrected chi connectivity index (χ0v) is 13.7. The first-order chi connectivity index (χ1) is 9.54. The molecule has 0 heterocycles. The van der Waals surface area contributed by atoms with Gasteiger partial charge in [-0.05, 0) is 36.1 Å². The molecule has 1 rings (SSSR count). The fourth-order valence-electron chi connectivity index (χ4n) is 2.09.